The van der Waals surface area contributed by atoms with E-state index in [1.165, 1.54) is 12.4 Å². The highest BCUT2D eigenvalue weighted by Crippen LogP contribution is 1.95. The van der Waals surface area contributed by atoms with E-state index < -0.39 is 0 Å². The quantitative estimate of drug-likeness (QED) is 0.698. The Balaban J connectivity index is 2.32. The molecular weight excluding hydrogens is 208 g/mol. The van der Waals surface area contributed by atoms with Gasteiger partial charge in [0.2, 0.25) is 0 Å². The summed E-state index contributed by atoms with van der Waals surface area (Å²) < 4.78 is 5.28. The van der Waals surface area contributed by atoms with Crippen LogP contribution in [0.15, 0.2) is 12.4 Å². The molecule has 88 valence electrons. The van der Waals surface area contributed by atoms with Crippen LogP contribution >= 0.6 is 0 Å². The van der Waals surface area contributed by atoms with Crippen molar-refractivity contribution >= 4 is 11.7 Å². The van der Waals surface area contributed by atoms with E-state index in [1.807, 2.05) is 13.8 Å². The van der Waals surface area contributed by atoms with Gasteiger partial charge in [-0.1, -0.05) is 0 Å². The number of aromatic nitrogens is 2. The molecule has 0 bridgehead atoms. The number of hydrogen-bond acceptors (Lipinski definition) is 5. The van der Waals surface area contributed by atoms with Crippen molar-refractivity contribution in [2.75, 3.05) is 18.9 Å². The zero-order valence-corrected chi connectivity index (χ0v) is 9.43. The monoisotopic (exact) mass is 224 g/mol. The van der Waals surface area contributed by atoms with Gasteiger partial charge in [0.15, 0.2) is 0 Å². The summed E-state index contributed by atoms with van der Waals surface area (Å²) in [6.07, 6.45) is 2.85. The van der Waals surface area contributed by atoms with Gasteiger partial charge in [0, 0.05) is 6.54 Å². The Morgan fingerprint density at radius 2 is 2.25 bits per heavy atom. The summed E-state index contributed by atoms with van der Waals surface area (Å²) in [4.78, 5) is 19.1. The molecule has 1 aromatic heterocycles. The van der Waals surface area contributed by atoms with Gasteiger partial charge in [0.05, 0.1) is 25.1 Å². The molecule has 1 amide bonds. The van der Waals surface area contributed by atoms with Crippen LogP contribution in [0.2, 0.25) is 0 Å². The molecule has 0 saturated carbocycles. The minimum Gasteiger partial charge on any atom is -0.382 e. The van der Waals surface area contributed by atoms with Crippen molar-refractivity contribution in [3.8, 4) is 0 Å². The first-order valence-corrected chi connectivity index (χ1v) is 5.07. The van der Waals surface area contributed by atoms with E-state index in [1.54, 1.807) is 0 Å². The van der Waals surface area contributed by atoms with Gasteiger partial charge < -0.3 is 15.8 Å². The van der Waals surface area contributed by atoms with Crippen molar-refractivity contribution in [2.24, 2.45) is 0 Å². The van der Waals surface area contributed by atoms with Gasteiger partial charge in [0.25, 0.3) is 5.91 Å². The maximum atomic E-state index is 11.5. The summed E-state index contributed by atoms with van der Waals surface area (Å²) in [5.41, 5.74) is 5.61. The first-order valence-electron chi connectivity index (χ1n) is 5.07. The Labute approximate surface area is 94.2 Å². The van der Waals surface area contributed by atoms with Gasteiger partial charge in [-0.3, -0.25) is 4.79 Å². The number of carbonyl (C=O) groups is 1. The molecule has 1 heterocycles. The minimum absolute atomic E-state index is 0.160. The summed E-state index contributed by atoms with van der Waals surface area (Å²) in [7, 11) is 0. The third-order valence-electron chi connectivity index (χ3n) is 1.74. The summed E-state index contributed by atoms with van der Waals surface area (Å²) >= 11 is 0. The molecule has 0 atom stereocenters. The molecule has 0 fully saturated rings. The fourth-order valence-corrected chi connectivity index (χ4v) is 1.01. The zero-order chi connectivity index (χ0) is 12.0. The van der Waals surface area contributed by atoms with Crippen LogP contribution in [0.25, 0.3) is 0 Å². The topological polar surface area (TPSA) is 90.1 Å². The Morgan fingerprint density at radius 3 is 2.81 bits per heavy atom. The summed E-state index contributed by atoms with van der Waals surface area (Å²) in [6.45, 7) is 4.80. The maximum absolute atomic E-state index is 11.5. The second-order valence-electron chi connectivity index (χ2n) is 3.50. The number of rotatable bonds is 5. The van der Waals surface area contributed by atoms with E-state index in [9.17, 15) is 4.79 Å². The fourth-order valence-electron chi connectivity index (χ4n) is 1.01. The van der Waals surface area contributed by atoms with Crippen molar-refractivity contribution in [1.82, 2.24) is 15.3 Å². The molecule has 3 N–H and O–H groups in total. The summed E-state index contributed by atoms with van der Waals surface area (Å²) in [5.74, 6) is 0.0135. The molecule has 1 rings (SSSR count). The smallest absolute Gasteiger partial charge is 0.271 e. The lowest BCUT2D eigenvalue weighted by molar-refractivity contribution is 0.0744. The standard InChI is InChI=1S/C10H16N4O2/c1-7(2)16-4-3-12-10(15)8-5-14-9(11)6-13-8/h5-7H,3-4H2,1-2H3,(H2,11,14)(H,12,15). The van der Waals surface area contributed by atoms with Crippen LogP contribution in [0.5, 0.6) is 0 Å². The number of nitrogens with two attached hydrogens (primary N) is 1. The lowest BCUT2D eigenvalue weighted by Crippen LogP contribution is -2.28. The normalized spacial score (nSPS) is 10.4. The SMILES string of the molecule is CC(C)OCCNC(=O)c1cnc(N)cn1. The van der Waals surface area contributed by atoms with Gasteiger partial charge >= 0.3 is 0 Å². The summed E-state index contributed by atoms with van der Waals surface area (Å²) in [6, 6.07) is 0. The van der Waals surface area contributed by atoms with Crippen LogP contribution in [-0.4, -0.2) is 35.1 Å². The molecule has 16 heavy (non-hydrogen) atoms. The first kappa shape index (κ1) is 12.4. The van der Waals surface area contributed by atoms with E-state index in [2.05, 4.69) is 15.3 Å². The van der Waals surface area contributed by atoms with Crippen LogP contribution < -0.4 is 11.1 Å². The van der Waals surface area contributed by atoms with Crippen molar-refractivity contribution in [3.63, 3.8) is 0 Å². The van der Waals surface area contributed by atoms with E-state index in [0.29, 0.717) is 19.0 Å². The number of nitrogens with one attached hydrogen (secondary N) is 1. The third kappa shape index (κ3) is 4.22. The highest BCUT2D eigenvalue weighted by Gasteiger charge is 2.06. The number of carbonyl (C=O) groups excluding carboxylic acids is 1. The Bertz CT molecular complexity index is 337. The third-order valence-corrected chi connectivity index (χ3v) is 1.74. The average molecular weight is 224 g/mol. The number of hydrogen-bond donors (Lipinski definition) is 2. The molecule has 0 aliphatic carbocycles. The van der Waals surface area contributed by atoms with E-state index in [4.69, 9.17) is 10.5 Å². The minimum atomic E-state index is -0.278. The van der Waals surface area contributed by atoms with Crippen molar-refractivity contribution in [3.05, 3.63) is 18.1 Å². The van der Waals surface area contributed by atoms with Gasteiger partial charge in [-0.15, -0.1) is 0 Å². The predicted molar refractivity (Wildman–Crippen MR) is 59.9 cm³/mol. The number of nitrogen functional groups attached to an aromatic ring is 1. The van der Waals surface area contributed by atoms with E-state index in [-0.39, 0.29) is 17.7 Å². The first-order chi connectivity index (χ1) is 7.59. The van der Waals surface area contributed by atoms with Crippen molar-refractivity contribution in [1.29, 1.82) is 0 Å². The Kier molecular flexibility index (Phi) is 4.65. The molecule has 0 radical (unpaired) electrons. The van der Waals surface area contributed by atoms with Crippen LogP contribution in [-0.2, 0) is 4.74 Å². The van der Waals surface area contributed by atoms with Gasteiger partial charge in [-0.05, 0) is 13.8 Å². The van der Waals surface area contributed by atoms with Crippen LogP contribution in [0, 0.1) is 0 Å². The lowest BCUT2D eigenvalue weighted by Gasteiger charge is -2.08. The lowest BCUT2D eigenvalue weighted by atomic mass is 10.4. The maximum Gasteiger partial charge on any atom is 0.271 e. The Hall–Kier alpha value is -1.69. The van der Waals surface area contributed by atoms with Crippen LogP contribution in [0.4, 0.5) is 5.82 Å². The second kappa shape index (κ2) is 6.02. The van der Waals surface area contributed by atoms with Gasteiger partial charge in [-0.25, -0.2) is 9.97 Å². The van der Waals surface area contributed by atoms with E-state index >= 15 is 0 Å². The highest BCUT2D eigenvalue weighted by atomic mass is 16.5. The highest BCUT2D eigenvalue weighted by molar-refractivity contribution is 5.91. The molecule has 0 aromatic carbocycles. The molecule has 6 nitrogen and oxygen atoms in total. The second-order valence-corrected chi connectivity index (χ2v) is 3.50. The molecule has 1 aromatic rings. The van der Waals surface area contributed by atoms with Crippen LogP contribution in [0.3, 0.4) is 0 Å². The molecule has 0 aliphatic rings. The molecule has 6 heteroatoms. The number of amides is 1. The molecule has 0 saturated heterocycles. The van der Waals surface area contributed by atoms with Gasteiger partial charge in [0.1, 0.15) is 11.5 Å². The summed E-state index contributed by atoms with van der Waals surface area (Å²) in [5, 5.41) is 2.67. The largest absolute Gasteiger partial charge is 0.382 e. The number of ether oxygens (including phenoxy) is 1. The number of anilines is 1. The molecular formula is C10H16N4O2. The fraction of sp³-hybridized carbons (Fsp3) is 0.500. The average Bonchev–Trinajstić information content (AvgIpc) is 2.25. The molecule has 0 unspecified atom stereocenters. The van der Waals surface area contributed by atoms with Crippen LogP contribution in [0.1, 0.15) is 24.3 Å². The predicted octanol–water partition coefficient (Wildman–Crippen LogP) is 0.214. The van der Waals surface area contributed by atoms with Crippen molar-refractivity contribution in [2.45, 2.75) is 20.0 Å². The Morgan fingerprint density at radius 1 is 1.50 bits per heavy atom. The van der Waals surface area contributed by atoms with Crippen molar-refractivity contribution < 1.29 is 9.53 Å². The van der Waals surface area contributed by atoms with Gasteiger partial charge in [-0.2, -0.15) is 0 Å². The zero-order valence-electron chi connectivity index (χ0n) is 9.43. The number of nitrogens with zero attached hydrogens (tertiary/aromatic N) is 2. The molecule has 0 spiro atoms. The van der Waals surface area contributed by atoms with E-state index in [0.717, 1.165) is 0 Å². The molecule has 0 aliphatic heterocycles.